The van der Waals surface area contributed by atoms with Crippen molar-refractivity contribution in [3.63, 3.8) is 0 Å². The van der Waals surface area contributed by atoms with Gasteiger partial charge in [0, 0.05) is 12.7 Å². The second kappa shape index (κ2) is 5.54. The summed E-state index contributed by atoms with van der Waals surface area (Å²) in [6.07, 6.45) is 1.60. The number of ether oxygens (including phenoxy) is 1. The Morgan fingerprint density at radius 1 is 1.30 bits per heavy atom. The molecular weight excluding hydrogens is 320 g/mol. The minimum Gasteiger partial charge on any atom is -0.497 e. The second-order valence-corrected chi connectivity index (χ2v) is 6.88. The normalized spacial score (nSPS) is 13.7. The summed E-state index contributed by atoms with van der Waals surface area (Å²) in [6, 6.07) is 7.55. The SMILES string of the molecule is COc1ccc(S(=O)(=O)N2CCc3cc(C(=O)O)cnc32)cc1. The molecule has 1 aromatic heterocycles. The molecule has 2 heterocycles. The van der Waals surface area contributed by atoms with E-state index >= 15 is 0 Å². The number of aromatic nitrogens is 1. The van der Waals surface area contributed by atoms with Gasteiger partial charge >= 0.3 is 5.97 Å². The van der Waals surface area contributed by atoms with Crippen LogP contribution in [0.25, 0.3) is 0 Å². The number of pyridine rings is 1. The number of sulfonamides is 1. The number of carbonyl (C=O) groups is 1. The van der Waals surface area contributed by atoms with E-state index in [1.54, 1.807) is 12.1 Å². The summed E-state index contributed by atoms with van der Waals surface area (Å²) in [7, 11) is -2.24. The number of anilines is 1. The van der Waals surface area contributed by atoms with Gasteiger partial charge in [0.2, 0.25) is 0 Å². The number of hydrogen-bond donors (Lipinski definition) is 1. The number of methoxy groups -OCH3 is 1. The molecule has 0 aliphatic carbocycles. The van der Waals surface area contributed by atoms with Crippen LogP contribution in [0.4, 0.5) is 5.82 Å². The van der Waals surface area contributed by atoms with E-state index in [2.05, 4.69) is 4.98 Å². The van der Waals surface area contributed by atoms with E-state index in [-0.39, 0.29) is 22.8 Å². The van der Waals surface area contributed by atoms with Gasteiger partial charge in [-0.1, -0.05) is 0 Å². The molecule has 0 unspecified atom stereocenters. The lowest BCUT2D eigenvalue weighted by Gasteiger charge is -2.18. The zero-order valence-corrected chi connectivity index (χ0v) is 13.1. The second-order valence-electron chi connectivity index (χ2n) is 5.01. The van der Waals surface area contributed by atoms with Gasteiger partial charge in [-0.25, -0.2) is 22.5 Å². The summed E-state index contributed by atoms with van der Waals surface area (Å²) in [4.78, 5) is 15.1. The fourth-order valence-corrected chi connectivity index (χ4v) is 3.92. The van der Waals surface area contributed by atoms with Gasteiger partial charge in [-0.2, -0.15) is 0 Å². The Morgan fingerprint density at radius 2 is 2.00 bits per heavy atom. The number of carboxylic acids is 1. The monoisotopic (exact) mass is 334 g/mol. The summed E-state index contributed by atoms with van der Waals surface area (Å²) >= 11 is 0. The van der Waals surface area contributed by atoms with Gasteiger partial charge in [0.1, 0.15) is 11.6 Å². The van der Waals surface area contributed by atoms with Crippen LogP contribution in [0.15, 0.2) is 41.4 Å². The standard InChI is InChI=1S/C15H14N2O5S/c1-22-12-2-4-13(5-3-12)23(20,21)17-7-6-10-8-11(15(18)19)9-16-14(10)17/h2-5,8-9H,6-7H2,1H3,(H,18,19). The Kier molecular flexibility index (Phi) is 3.69. The summed E-state index contributed by atoms with van der Waals surface area (Å²) in [5.41, 5.74) is 0.662. The molecule has 1 aliphatic rings. The minimum atomic E-state index is -3.74. The molecule has 0 saturated heterocycles. The highest BCUT2D eigenvalue weighted by Gasteiger charge is 2.32. The Balaban J connectivity index is 1.98. The smallest absolute Gasteiger partial charge is 0.337 e. The van der Waals surface area contributed by atoms with E-state index in [0.29, 0.717) is 17.7 Å². The Morgan fingerprint density at radius 3 is 2.61 bits per heavy atom. The van der Waals surface area contributed by atoms with Crippen LogP contribution < -0.4 is 9.04 Å². The van der Waals surface area contributed by atoms with Crippen LogP contribution >= 0.6 is 0 Å². The van der Waals surface area contributed by atoms with Crippen molar-refractivity contribution in [2.45, 2.75) is 11.3 Å². The summed E-state index contributed by atoms with van der Waals surface area (Å²) in [5, 5.41) is 8.99. The highest BCUT2D eigenvalue weighted by molar-refractivity contribution is 7.92. The van der Waals surface area contributed by atoms with Crippen LogP contribution in [0.2, 0.25) is 0 Å². The highest BCUT2D eigenvalue weighted by atomic mass is 32.2. The molecule has 3 rings (SSSR count). The fourth-order valence-electron chi connectivity index (χ4n) is 2.47. The summed E-state index contributed by atoms with van der Waals surface area (Å²) in [6.45, 7) is 0.236. The number of fused-ring (bicyclic) bond motifs is 1. The van der Waals surface area contributed by atoms with E-state index in [1.807, 2.05) is 0 Å². The van der Waals surface area contributed by atoms with Gasteiger partial charge in [-0.3, -0.25) is 0 Å². The molecule has 0 saturated carbocycles. The zero-order valence-electron chi connectivity index (χ0n) is 12.3. The molecule has 0 bridgehead atoms. The van der Waals surface area contributed by atoms with Crippen molar-refractivity contribution in [1.29, 1.82) is 0 Å². The van der Waals surface area contributed by atoms with Crippen molar-refractivity contribution >= 4 is 21.8 Å². The molecule has 1 aliphatic heterocycles. The van der Waals surface area contributed by atoms with Crippen LogP contribution in [0.1, 0.15) is 15.9 Å². The van der Waals surface area contributed by atoms with Crippen LogP contribution in [0, 0.1) is 0 Å². The Labute approximate surface area is 133 Å². The lowest BCUT2D eigenvalue weighted by molar-refractivity contribution is 0.0696. The van der Waals surface area contributed by atoms with Gasteiger partial charge in [0.05, 0.1) is 17.6 Å². The molecule has 8 heteroatoms. The van der Waals surface area contributed by atoms with Gasteiger partial charge in [-0.05, 0) is 42.3 Å². The molecule has 23 heavy (non-hydrogen) atoms. The minimum absolute atomic E-state index is 0.0486. The number of aromatic carboxylic acids is 1. The predicted octanol–water partition coefficient (Wildman–Crippen LogP) is 1.54. The average Bonchev–Trinajstić information content (AvgIpc) is 2.98. The first-order chi connectivity index (χ1) is 10.9. The zero-order chi connectivity index (χ0) is 16.6. The number of benzene rings is 1. The van der Waals surface area contributed by atoms with E-state index in [0.717, 1.165) is 0 Å². The number of nitrogens with zero attached hydrogens (tertiary/aromatic N) is 2. The first-order valence-corrected chi connectivity index (χ1v) is 8.26. The van der Waals surface area contributed by atoms with Crippen LogP contribution in [-0.2, 0) is 16.4 Å². The predicted molar refractivity (Wildman–Crippen MR) is 82.4 cm³/mol. The molecule has 0 spiro atoms. The third-order valence-electron chi connectivity index (χ3n) is 3.66. The van der Waals surface area contributed by atoms with E-state index in [1.165, 1.54) is 35.8 Å². The van der Waals surface area contributed by atoms with Crippen LogP contribution in [-0.4, -0.2) is 38.1 Å². The molecular formula is C15H14N2O5S. The maximum Gasteiger partial charge on any atom is 0.337 e. The number of carboxylic acid groups (broad SMARTS) is 1. The third-order valence-corrected chi connectivity index (χ3v) is 5.46. The summed E-state index contributed by atoms with van der Waals surface area (Å²) < 4.78 is 31.7. The van der Waals surface area contributed by atoms with Gasteiger partial charge in [0.25, 0.3) is 10.0 Å². The quantitative estimate of drug-likeness (QED) is 0.911. The van der Waals surface area contributed by atoms with Crippen molar-refractivity contribution in [3.8, 4) is 5.75 Å². The molecule has 1 N–H and O–H groups in total. The Hall–Kier alpha value is -2.61. The van der Waals surface area contributed by atoms with Crippen molar-refractivity contribution < 1.29 is 23.1 Å². The van der Waals surface area contributed by atoms with Gasteiger partial charge in [0.15, 0.2) is 0 Å². The molecule has 120 valence electrons. The lowest BCUT2D eigenvalue weighted by atomic mass is 10.2. The molecule has 0 radical (unpaired) electrons. The molecule has 0 amide bonds. The molecule has 1 aromatic carbocycles. The van der Waals surface area contributed by atoms with Gasteiger partial charge < -0.3 is 9.84 Å². The van der Waals surface area contributed by atoms with Crippen LogP contribution in [0.5, 0.6) is 5.75 Å². The van der Waals surface area contributed by atoms with Crippen molar-refractivity contribution in [2.24, 2.45) is 0 Å². The maximum absolute atomic E-state index is 12.7. The van der Waals surface area contributed by atoms with Crippen LogP contribution in [0.3, 0.4) is 0 Å². The lowest BCUT2D eigenvalue weighted by Crippen LogP contribution is -2.29. The summed E-state index contributed by atoms with van der Waals surface area (Å²) in [5.74, 6) is -0.238. The first kappa shape index (κ1) is 15.3. The maximum atomic E-state index is 12.7. The topological polar surface area (TPSA) is 96.8 Å². The van der Waals surface area contributed by atoms with E-state index in [9.17, 15) is 13.2 Å². The van der Waals surface area contributed by atoms with Crippen molar-refractivity contribution in [1.82, 2.24) is 4.98 Å². The first-order valence-electron chi connectivity index (χ1n) is 6.82. The number of hydrogen-bond acceptors (Lipinski definition) is 5. The van der Waals surface area contributed by atoms with E-state index < -0.39 is 16.0 Å². The largest absolute Gasteiger partial charge is 0.497 e. The molecule has 2 aromatic rings. The van der Waals surface area contributed by atoms with Crippen molar-refractivity contribution in [3.05, 3.63) is 47.7 Å². The fraction of sp³-hybridized carbons (Fsp3) is 0.200. The third kappa shape index (κ3) is 2.61. The number of rotatable bonds is 4. The van der Waals surface area contributed by atoms with E-state index in [4.69, 9.17) is 9.84 Å². The molecule has 7 nitrogen and oxygen atoms in total. The molecule has 0 fully saturated rings. The molecule has 0 atom stereocenters. The highest BCUT2D eigenvalue weighted by Crippen LogP contribution is 2.32. The Bertz CT molecular complexity index is 862. The average molecular weight is 334 g/mol. The van der Waals surface area contributed by atoms with Gasteiger partial charge in [-0.15, -0.1) is 0 Å². The van der Waals surface area contributed by atoms with Crippen molar-refractivity contribution in [2.75, 3.05) is 18.0 Å².